The molecule has 30 heavy (non-hydrogen) atoms. The number of nitrogens with zero attached hydrogens (tertiary/aromatic N) is 2. The molecule has 0 aliphatic rings. The summed E-state index contributed by atoms with van der Waals surface area (Å²) in [5.41, 5.74) is 0.186. The van der Waals surface area contributed by atoms with Gasteiger partial charge in [-0.05, 0) is 49.5 Å². The number of carbonyl (C=O) groups is 1. The fourth-order valence-electron chi connectivity index (χ4n) is 2.76. The highest BCUT2D eigenvalue weighted by molar-refractivity contribution is 7.89. The number of benzene rings is 2. The second-order valence-corrected chi connectivity index (χ2v) is 8.74. The highest BCUT2D eigenvalue weighted by Gasteiger charge is 2.30. The van der Waals surface area contributed by atoms with Crippen LogP contribution in [0.3, 0.4) is 0 Å². The molecule has 6 nitrogen and oxygen atoms in total. The molecule has 0 aromatic heterocycles. The summed E-state index contributed by atoms with van der Waals surface area (Å²) in [5, 5.41) is 5.07. The van der Waals surface area contributed by atoms with E-state index in [1.54, 1.807) is 6.07 Å². The van der Waals surface area contributed by atoms with Crippen molar-refractivity contribution < 1.29 is 26.4 Å². The number of likely N-dealkylation sites (N-methyl/N-ethyl adjacent to an activating group) is 1. The number of hydrogen-bond donors (Lipinski definition) is 1. The molecule has 0 unspecified atom stereocenters. The van der Waals surface area contributed by atoms with Crippen LogP contribution in [0.1, 0.15) is 16.7 Å². The molecule has 0 radical (unpaired) electrons. The third-order valence-electron chi connectivity index (χ3n) is 4.40. The van der Waals surface area contributed by atoms with Crippen molar-refractivity contribution in [2.24, 2.45) is 5.14 Å². The van der Waals surface area contributed by atoms with Crippen LogP contribution in [0.4, 0.5) is 13.2 Å². The van der Waals surface area contributed by atoms with E-state index < -0.39 is 21.8 Å². The van der Waals surface area contributed by atoms with Gasteiger partial charge in [-0.3, -0.25) is 4.79 Å². The van der Waals surface area contributed by atoms with Crippen LogP contribution in [0.15, 0.2) is 53.4 Å². The van der Waals surface area contributed by atoms with Gasteiger partial charge in [0.25, 0.3) is 0 Å². The molecule has 0 atom stereocenters. The van der Waals surface area contributed by atoms with Crippen molar-refractivity contribution in [2.45, 2.75) is 24.0 Å². The van der Waals surface area contributed by atoms with Gasteiger partial charge in [-0.25, -0.2) is 13.6 Å². The Kier molecular flexibility index (Phi) is 7.62. The Balaban J connectivity index is 2.18. The lowest BCUT2D eigenvalue weighted by molar-refractivity contribution is -0.137. The zero-order valence-corrected chi connectivity index (χ0v) is 17.5. The number of halogens is 3. The van der Waals surface area contributed by atoms with E-state index in [1.807, 2.05) is 19.0 Å². The van der Waals surface area contributed by atoms with Crippen molar-refractivity contribution in [3.63, 3.8) is 0 Å². The lowest BCUT2D eigenvalue weighted by Crippen LogP contribution is -2.37. The van der Waals surface area contributed by atoms with Crippen LogP contribution in [0.25, 0.3) is 0 Å². The topological polar surface area (TPSA) is 83.7 Å². The summed E-state index contributed by atoms with van der Waals surface area (Å²) in [7, 11) is -0.168. The Labute approximate surface area is 174 Å². The van der Waals surface area contributed by atoms with Crippen molar-refractivity contribution >= 4 is 15.9 Å². The van der Waals surface area contributed by atoms with E-state index >= 15 is 0 Å². The van der Waals surface area contributed by atoms with Gasteiger partial charge in [0, 0.05) is 19.6 Å². The fraction of sp³-hybridized carbons (Fsp3) is 0.350. The zero-order valence-electron chi connectivity index (χ0n) is 16.7. The minimum atomic E-state index is -4.46. The number of carbonyl (C=O) groups excluding carboxylic acids is 1. The minimum absolute atomic E-state index is 0.0166. The first-order valence-electron chi connectivity index (χ1n) is 9.06. The molecule has 0 heterocycles. The molecule has 164 valence electrons. The maximum atomic E-state index is 13.0. The minimum Gasteiger partial charge on any atom is -0.337 e. The van der Waals surface area contributed by atoms with Crippen LogP contribution in [-0.2, 0) is 34.0 Å². The van der Waals surface area contributed by atoms with Crippen LogP contribution in [0, 0.1) is 0 Å². The second kappa shape index (κ2) is 9.59. The molecule has 0 bridgehead atoms. The van der Waals surface area contributed by atoms with E-state index in [0.29, 0.717) is 24.2 Å². The van der Waals surface area contributed by atoms with Gasteiger partial charge in [0.2, 0.25) is 15.9 Å². The summed E-state index contributed by atoms with van der Waals surface area (Å²) in [6.45, 7) is 0.901. The van der Waals surface area contributed by atoms with Crippen LogP contribution in [0.2, 0.25) is 0 Å². The fourth-order valence-corrected chi connectivity index (χ4v) is 3.28. The molecule has 10 heteroatoms. The standard InChI is InChI=1S/C20H24F3N3O3S/c1-25(2)10-11-26(14-16-4-3-5-17(12-16)20(21,22)23)19(27)13-15-6-8-18(9-7-15)30(24,28)29/h3-9,12H,10-11,13-14H2,1-2H3,(H2,24,28,29). The average Bonchev–Trinajstić information content (AvgIpc) is 2.64. The molecule has 1 amide bonds. The third-order valence-corrected chi connectivity index (χ3v) is 5.33. The quantitative estimate of drug-likeness (QED) is 0.680. The van der Waals surface area contributed by atoms with Crippen molar-refractivity contribution in [3.8, 4) is 0 Å². The largest absolute Gasteiger partial charge is 0.416 e. The zero-order chi connectivity index (χ0) is 22.5. The van der Waals surface area contributed by atoms with Crippen molar-refractivity contribution in [2.75, 3.05) is 27.2 Å². The normalized spacial score (nSPS) is 12.2. The highest BCUT2D eigenvalue weighted by atomic mass is 32.2. The summed E-state index contributed by atoms with van der Waals surface area (Å²) in [5.74, 6) is -0.280. The number of nitrogens with two attached hydrogens (primary N) is 1. The number of amides is 1. The van der Waals surface area contributed by atoms with E-state index in [1.165, 1.54) is 35.2 Å². The molecule has 0 spiro atoms. The third kappa shape index (κ3) is 7.12. The molecule has 0 saturated carbocycles. The lowest BCUT2D eigenvalue weighted by atomic mass is 10.1. The first-order chi connectivity index (χ1) is 13.9. The smallest absolute Gasteiger partial charge is 0.337 e. The summed E-state index contributed by atoms with van der Waals surface area (Å²) in [4.78, 5) is 16.1. The van der Waals surface area contributed by atoms with Gasteiger partial charge < -0.3 is 9.80 Å². The number of rotatable bonds is 8. The predicted molar refractivity (Wildman–Crippen MR) is 107 cm³/mol. The van der Waals surface area contributed by atoms with E-state index in [4.69, 9.17) is 5.14 Å². The molecule has 2 N–H and O–H groups in total. The van der Waals surface area contributed by atoms with Gasteiger partial charge in [0.05, 0.1) is 16.9 Å². The number of primary sulfonamides is 1. The van der Waals surface area contributed by atoms with E-state index in [9.17, 15) is 26.4 Å². The molecule has 2 aromatic carbocycles. The van der Waals surface area contributed by atoms with Crippen molar-refractivity contribution in [1.82, 2.24) is 9.80 Å². The van der Waals surface area contributed by atoms with Crippen molar-refractivity contribution in [1.29, 1.82) is 0 Å². The highest BCUT2D eigenvalue weighted by Crippen LogP contribution is 2.29. The number of hydrogen-bond acceptors (Lipinski definition) is 4. The average molecular weight is 443 g/mol. The van der Waals surface area contributed by atoms with Crippen molar-refractivity contribution in [3.05, 3.63) is 65.2 Å². The van der Waals surface area contributed by atoms with Gasteiger partial charge in [0.1, 0.15) is 0 Å². The molecule has 0 fully saturated rings. The lowest BCUT2D eigenvalue weighted by Gasteiger charge is -2.25. The Bertz CT molecular complexity index is 975. The predicted octanol–water partition coefficient (Wildman–Crippen LogP) is 2.49. The Hall–Kier alpha value is -2.43. The monoisotopic (exact) mass is 443 g/mol. The summed E-state index contributed by atoms with van der Waals surface area (Å²) in [6.07, 6.45) is -4.48. The maximum absolute atomic E-state index is 13.0. The first-order valence-corrected chi connectivity index (χ1v) is 10.6. The second-order valence-electron chi connectivity index (χ2n) is 7.18. The number of sulfonamides is 1. The van der Waals surface area contributed by atoms with E-state index in [-0.39, 0.29) is 23.8 Å². The Morgan fingerprint density at radius 1 is 1.00 bits per heavy atom. The molecular formula is C20H24F3N3O3S. The molecule has 2 aromatic rings. The summed E-state index contributed by atoms with van der Waals surface area (Å²) < 4.78 is 61.6. The molecule has 2 rings (SSSR count). The summed E-state index contributed by atoms with van der Waals surface area (Å²) >= 11 is 0. The van der Waals surface area contributed by atoms with E-state index in [0.717, 1.165) is 12.1 Å². The summed E-state index contributed by atoms with van der Waals surface area (Å²) in [6, 6.07) is 10.5. The SMILES string of the molecule is CN(C)CCN(Cc1cccc(C(F)(F)F)c1)C(=O)Cc1ccc(S(N)(=O)=O)cc1. The Morgan fingerprint density at radius 2 is 1.63 bits per heavy atom. The van der Waals surface area contributed by atoms with Gasteiger partial charge in [-0.1, -0.05) is 24.3 Å². The molecular weight excluding hydrogens is 419 g/mol. The molecule has 0 saturated heterocycles. The van der Waals surface area contributed by atoms with Crippen LogP contribution in [0.5, 0.6) is 0 Å². The van der Waals surface area contributed by atoms with Gasteiger partial charge >= 0.3 is 6.18 Å². The number of alkyl halides is 3. The van der Waals surface area contributed by atoms with Crippen LogP contribution < -0.4 is 5.14 Å². The van der Waals surface area contributed by atoms with Gasteiger partial charge in [0.15, 0.2) is 0 Å². The maximum Gasteiger partial charge on any atom is 0.416 e. The van der Waals surface area contributed by atoms with Gasteiger partial charge in [-0.2, -0.15) is 13.2 Å². The van der Waals surface area contributed by atoms with E-state index in [2.05, 4.69) is 0 Å². The first kappa shape index (κ1) is 23.8. The van der Waals surface area contributed by atoms with Crippen LogP contribution >= 0.6 is 0 Å². The molecule has 0 aliphatic heterocycles. The van der Waals surface area contributed by atoms with Gasteiger partial charge in [-0.15, -0.1) is 0 Å². The molecule has 0 aliphatic carbocycles. The Morgan fingerprint density at radius 3 is 2.17 bits per heavy atom. The van der Waals surface area contributed by atoms with Crippen LogP contribution in [-0.4, -0.2) is 51.3 Å².